The maximum Gasteiger partial charge on any atom is 0.316 e. The van der Waals surface area contributed by atoms with Crippen LogP contribution in [0.3, 0.4) is 0 Å². The fourth-order valence-electron chi connectivity index (χ4n) is 1.98. The van der Waals surface area contributed by atoms with Crippen LogP contribution in [-0.4, -0.2) is 46.7 Å². The molecule has 0 aromatic heterocycles. The predicted octanol–water partition coefficient (Wildman–Crippen LogP) is 1.13. The summed E-state index contributed by atoms with van der Waals surface area (Å²) >= 11 is 0. The average Bonchev–Trinajstić information content (AvgIpc) is 2.42. The quantitative estimate of drug-likeness (QED) is 0.482. The zero-order chi connectivity index (χ0) is 14.2. The Hall–Kier alpha value is -1.14. The number of rotatable bonds is 8. The normalized spacial score (nSPS) is 14.1. The van der Waals surface area contributed by atoms with E-state index in [1.807, 2.05) is 6.92 Å². The molecule has 6 nitrogen and oxygen atoms in total. The van der Waals surface area contributed by atoms with E-state index < -0.39 is 17.7 Å². The Balaban J connectivity index is 5.09. The predicted molar refractivity (Wildman–Crippen MR) is 63.8 cm³/mol. The minimum absolute atomic E-state index is 0.0999. The Morgan fingerprint density at radius 3 is 1.94 bits per heavy atom. The van der Waals surface area contributed by atoms with Crippen LogP contribution < -0.4 is 0 Å². The minimum Gasteiger partial charge on any atom is -0.469 e. The van der Waals surface area contributed by atoms with Gasteiger partial charge >= 0.3 is 11.9 Å². The first-order chi connectivity index (χ1) is 8.52. The highest BCUT2D eigenvalue weighted by molar-refractivity contribution is 5.78. The summed E-state index contributed by atoms with van der Waals surface area (Å²) in [5.41, 5.74) is -1.01. The second kappa shape index (κ2) is 8.05. The summed E-state index contributed by atoms with van der Waals surface area (Å²) in [4.78, 5) is 23.2. The first-order valence-corrected chi connectivity index (χ1v) is 5.73. The summed E-state index contributed by atoms with van der Waals surface area (Å²) in [5.74, 6) is -0.842. The number of methoxy groups -OCH3 is 4. The Bertz CT molecular complexity index is 274. The summed E-state index contributed by atoms with van der Waals surface area (Å²) in [6.45, 7) is 1.82. The number of esters is 2. The van der Waals surface area contributed by atoms with Crippen LogP contribution in [0, 0.1) is 5.41 Å². The molecular weight excluding hydrogens is 240 g/mol. The molecule has 6 heteroatoms. The Morgan fingerprint density at radius 1 is 1.06 bits per heavy atom. The van der Waals surface area contributed by atoms with E-state index in [-0.39, 0.29) is 18.8 Å². The third-order valence-electron chi connectivity index (χ3n) is 3.11. The van der Waals surface area contributed by atoms with Gasteiger partial charge in [0.2, 0.25) is 0 Å². The lowest BCUT2D eigenvalue weighted by Crippen LogP contribution is -2.45. The van der Waals surface area contributed by atoms with Gasteiger partial charge in [-0.15, -0.1) is 0 Å². The molecule has 0 rings (SSSR count). The summed E-state index contributed by atoms with van der Waals surface area (Å²) in [6, 6.07) is 0. The highest BCUT2D eigenvalue weighted by Gasteiger charge is 2.46. The van der Waals surface area contributed by atoms with Crippen LogP contribution in [0.2, 0.25) is 0 Å². The standard InChI is InChI=1S/C12H22O6/c1-6-12(10(14)16-3,11(17-4)18-5)8-7-9(13)15-2/h11H,6-8H2,1-5H3/t12-/m0/s1. The van der Waals surface area contributed by atoms with Crippen molar-refractivity contribution in [3.05, 3.63) is 0 Å². The van der Waals surface area contributed by atoms with Gasteiger partial charge in [0.15, 0.2) is 6.29 Å². The van der Waals surface area contributed by atoms with Gasteiger partial charge in [0.25, 0.3) is 0 Å². The van der Waals surface area contributed by atoms with E-state index in [4.69, 9.17) is 14.2 Å². The molecule has 0 aliphatic carbocycles. The molecule has 1 atom stereocenters. The van der Waals surface area contributed by atoms with Crippen molar-refractivity contribution in [2.45, 2.75) is 32.5 Å². The maximum atomic E-state index is 12.0. The molecule has 0 unspecified atom stereocenters. The van der Waals surface area contributed by atoms with Crippen molar-refractivity contribution in [3.63, 3.8) is 0 Å². The van der Waals surface area contributed by atoms with Crippen molar-refractivity contribution in [2.75, 3.05) is 28.4 Å². The fourth-order valence-corrected chi connectivity index (χ4v) is 1.98. The summed E-state index contributed by atoms with van der Waals surface area (Å²) < 4.78 is 19.7. The topological polar surface area (TPSA) is 71.1 Å². The molecule has 0 saturated heterocycles. The minimum atomic E-state index is -1.01. The van der Waals surface area contributed by atoms with Gasteiger partial charge in [-0.3, -0.25) is 9.59 Å². The van der Waals surface area contributed by atoms with E-state index in [1.165, 1.54) is 28.4 Å². The van der Waals surface area contributed by atoms with Gasteiger partial charge in [-0.1, -0.05) is 6.92 Å². The third-order valence-corrected chi connectivity index (χ3v) is 3.11. The molecule has 0 aliphatic heterocycles. The largest absolute Gasteiger partial charge is 0.469 e. The molecule has 0 aromatic carbocycles. The van der Waals surface area contributed by atoms with Gasteiger partial charge in [0.1, 0.15) is 5.41 Å². The van der Waals surface area contributed by atoms with Crippen molar-refractivity contribution < 1.29 is 28.5 Å². The van der Waals surface area contributed by atoms with Crippen LogP contribution in [0.25, 0.3) is 0 Å². The molecule has 0 N–H and O–H groups in total. The van der Waals surface area contributed by atoms with Crippen LogP contribution in [0.15, 0.2) is 0 Å². The van der Waals surface area contributed by atoms with Gasteiger partial charge in [-0.05, 0) is 12.8 Å². The van der Waals surface area contributed by atoms with Crippen molar-refractivity contribution in [1.29, 1.82) is 0 Å². The summed E-state index contributed by atoms with van der Waals surface area (Å²) in [6.07, 6.45) is 0.0144. The van der Waals surface area contributed by atoms with Crippen LogP contribution in [0.1, 0.15) is 26.2 Å². The molecule has 106 valence electrons. The lowest BCUT2D eigenvalue weighted by atomic mass is 9.79. The third kappa shape index (κ3) is 3.68. The van der Waals surface area contributed by atoms with Crippen molar-refractivity contribution in [1.82, 2.24) is 0 Å². The van der Waals surface area contributed by atoms with Gasteiger partial charge in [-0.25, -0.2) is 0 Å². The van der Waals surface area contributed by atoms with Crippen LogP contribution in [0.4, 0.5) is 0 Å². The molecule has 0 amide bonds. The van der Waals surface area contributed by atoms with Crippen molar-refractivity contribution in [3.8, 4) is 0 Å². The highest BCUT2D eigenvalue weighted by atomic mass is 16.7. The van der Waals surface area contributed by atoms with Crippen molar-refractivity contribution >= 4 is 11.9 Å². The lowest BCUT2D eigenvalue weighted by molar-refractivity contribution is -0.205. The number of hydrogen-bond acceptors (Lipinski definition) is 6. The number of hydrogen-bond donors (Lipinski definition) is 0. The Kier molecular flexibility index (Phi) is 7.54. The summed E-state index contributed by atoms with van der Waals surface area (Å²) in [5, 5.41) is 0. The van der Waals surface area contributed by atoms with E-state index in [1.54, 1.807) is 0 Å². The first kappa shape index (κ1) is 16.9. The average molecular weight is 262 g/mol. The molecular formula is C12H22O6. The van der Waals surface area contributed by atoms with E-state index in [9.17, 15) is 9.59 Å². The highest BCUT2D eigenvalue weighted by Crippen LogP contribution is 2.36. The van der Waals surface area contributed by atoms with E-state index >= 15 is 0 Å². The molecule has 0 aliphatic rings. The van der Waals surface area contributed by atoms with E-state index in [0.29, 0.717) is 6.42 Å². The smallest absolute Gasteiger partial charge is 0.316 e. The monoisotopic (exact) mass is 262 g/mol. The van der Waals surface area contributed by atoms with Gasteiger partial charge in [0, 0.05) is 20.6 Å². The molecule has 0 spiro atoms. The van der Waals surface area contributed by atoms with Gasteiger partial charge in [-0.2, -0.15) is 0 Å². The molecule has 0 heterocycles. The van der Waals surface area contributed by atoms with Crippen LogP contribution in [0.5, 0.6) is 0 Å². The molecule has 0 aromatic rings. The Morgan fingerprint density at radius 2 is 1.61 bits per heavy atom. The van der Waals surface area contributed by atoms with E-state index in [2.05, 4.69) is 4.74 Å². The molecule has 0 fully saturated rings. The van der Waals surface area contributed by atoms with E-state index in [0.717, 1.165) is 0 Å². The number of carbonyl (C=O) groups excluding carboxylic acids is 2. The van der Waals surface area contributed by atoms with Crippen molar-refractivity contribution in [2.24, 2.45) is 5.41 Å². The van der Waals surface area contributed by atoms with Gasteiger partial charge in [0.05, 0.1) is 14.2 Å². The first-order valence-electron chi connectivity index (χ1n) is 5.73. The zero-order valence-electron chi connectivity index (χ0n) is 11.6. The molecule has 18 heavy (non-hydrogen) atoms. The van der Waals surface area contributed by atoms with Crippen LogP contribution >= 0.6 is 0 Å². The fraction of sp³-hybridized carbons (Fsp3) is 0.833. The molecule has 0 radical (unpaired) electrons. The van der Waals surface area contributed by atoms with Gasteiger partial charge < -0.3 is 18.9 Å². The molecule has 0 bridgehead atoms. The number of ether oxygens (including phenoxy) is 4. The summed E-state index contributed by atoms with van der Waals surface area (Å²) in [7, 11) is 5.49. The molecule has 0 saturated carbocycles. The van der Waals surface area contributed by atoms with Crippen LogP contribution in [-0.2, 0) is 28.5 Å². The maximum absolute atomic E-state index is 12.0. The zero-order valence-corrected chi connectivity index (χ0v) is 11.6. The Labute approximate surface area is 108 Å². The lowest BCUT2D eigenvalue weighted by Gasteiger charge is -2.35. The second-order valence-corrected chi connectivity index (χ2v) is 3.88. The second-order valence-electron chi connectivity index (χ2n) is 3.88. The number of carbonyl (C=O) groups is 2. The SMILES string of the molecule is CC[C@](CCC(=O)OC)(C(=O)OC)C(OC)OC.